The van der Waals surface area contributed by atoms with Crippen molar-refractivity contribution in [1.82, 2.24) is 0 Å². The topological polar surface area (TPSA) is 40.5 Å². The van der Waals surface area contributed by atoms with E-state index in [0.29, 0.717) is 12.1 Å². The molecule has 0 aliphatic rings. The summed E-state index contributed by atoms with van der Waals surface area (Å²) in [5.74, 6) is 0. The first-order chi connectivity index (χ1) is 15.5. The van der Waals surface area contributed by atoms with E-state index in [4.69, 9.17) is 0 Å². The molecule has 2 nitrogen and oxygen atoms in total. The van der Waals surface area contributed by atoms with Crippen LogP contribution in [0.15, 0.2) is 36.4 Å². The van der Waals surface area contributed by atoms with Gasteiger partial charge in [-0.15, -0.1) is 0 Å². The lowest BCUT2D eigenvalue weighted by Crippen LogP contribution is -2.54. The highest BCUT2D eigenvalue weighted by Gasteiger charge is 2.72. The lowest BCUT2D eigenvalue weighted by Gasteiger charge is -2.34. The molecule has 0 saturated heterocycles. The summed E-state index contributed by atoms with van der Waals surface area (Å²) in [6.45, 7) is 1.69. The molecule has 0 aliphatic carbocycles. The van der Waals surface area contributed by atoms with Gasteiger partial charge in [0, 0.05) is 11.1 Å². The minimum Gasteiger partial charge on any atom is -0.369 e. The van der Waals surface area contributed by atoms with Crippen molar-refractivity contribution >= 4 is 0 Å². The predicted octanol–water partition coefficient (Wildman–Crippen LogP) is 6.52. The molecule has 0 heterocycles. The average molecular weight is 528 g/mol. The molecule has 2 aromatic carbocycles. The Labute approximate surface area is 189 Å². The fraction of sp³-hybridized carbons (Fsp3) is 0.429. The second-order valence-electron chi connectivity index (χ2n) is 7.89. The van der Waals surface area contributed by atoms with Gasteiger partial charge in [0.05, 0.1) is 0 Å². The van der Waals surface area contributed by atoms with E-state index in [1.54, 1.807) is 0 Å². The van der Waals surface area contributed by atoms with E-state index in [1.165, 1.54) is 0 Å². The number of aliphatic hydroxyl groups is 2. The van der Waals surface area contributed by atoms with Crippen LogP contribution in [-0.4, -0.2) is 34.9 Å². The van der Waals surface area contributed by atoms with Crippen molar-refractivity contribution in [1.29, 1.82) is 0 Å². The van der Waals surface area contributed by atoms with Crippen LogP contribution in [-0.2, 0) is 17.6 Å². The van der Waals surface area contributed by atoms with Crippen molar-refractivity contribution < 1.29 is 62.9 Å². The Balaban J connectivity index is 2.66. The molecule has 2 N–H and O–H groups in total. The van der Waals surface area contributed by atoms with Gasteiger partial charge in [0.25, 0.3) is 11.2 Å². The highest BCUT2D eigenvalue weighted by atomic mass is 19.4. The lowest BCUT2D eigenvalue weighted by molar-refractivity contribution is -0.377. The summed E-state index contributed by atoms with van der Waals surface area (Å²) in [7, 11) is 0. The number of hydrogen-bond acceptors (Lipinski definition) is 2. The zero-order valence-electron chi connectivity index (χ0n) is 17.6. The molecule has 0 unspecified atom stereocenters. The standard InChI is InChI=1S/C21H16F12O2/c1-10-3-5-12(8-14(10)16(34,18(22,23)24)19(25,26)27)7-13-6-4-11(2)15(9-13)17(35,20(28,29)30)21(31,32)33/h3-6,8-9,34-35H,7H2,1-2H3. The van der Waals surface area contributed by atoms with Gasteiger partial charge >= 0.3 is 24.7 Å². The van der Waals surface area contributed by atoms with Crippen molar-refractivity contribution in [3.63, 3.8) is 0 Å². The maximum absolute atomic E-state index is 13.3. The van der Waals surface area contributed by atoms with E-state index < -0.39 is 75.7 Å². The highest BCUT2D eigenvalue weighted by molar-refractivity contribution is 5.43. The van der Waals surface area contributed by atoms with E-state index in [9.17, 15) is 62.9 Å². The van der Waals surface area contributed by atoms with Gasteiger partial charge in [-0.2, -0.15) is 52.7 Å². The van der Waals surface area contributed by atoms with Crippen LogP contribution in [0.3, 0.4) is 0 Å². The molecule has 35 heavy (non-hydrogen) atoms. The van der Waals surface area contributed by atoms with Gasteiger partial charge < -0.3 is 10.2 Å². The zero-order valence-corrected chi connectivity index (χ0v) is 17.6. The van der Waals surface area contributed by atoms with Gasteiger partial charge in [-0.1, -0.05) is 36.4 Å². The van der Waals surface area contributed by atoms with Crippen LogP contribution in [0.4, 0.5) is 52.7 Å². The number of alkyl halides is 12. The smallest absolute Gasteiger partial charge is 0.369 e. The quantitative estimate of drug-likeness (QED) is 0.444. The molecule has 14 heteroatoms. The molecule has 0 bridgehead atoms. The van der Waals surface area contributed by atoms with E-state index in [-0.39, 0.29) is 0 Å². The lowest BCUT2D eigenvalue weighted by atomic mass is 9.85. The largest absolute Gasteiger partial charge is 0.430 e. The molecule has 0 amide bonds. The van der Waals surface area contributed by atoms with Gasteiger partial charge in [0.15, 0.2) is 0 Å². The summed E-state index contributed by atoms with van der Waals surface area (Å²) in [6, 6.07) is 4.18. The Morgan fingerprint density at radius 2 is 0.771 bits per heavy atom. The molecule has 0 spiro atoms. The third-order valence-corrected chi connectivity index (χ3v) is 5.43. The SMILES string of the molecule is Cc1ccc(Cc2ccc(C)c(C(O)(C(F)(F)F)C(F)(F)F)c2)cc1C(O)(C(F)(F)F)C(F)(F)F. The maximum Gasteiger partial charge on any atom is 0.430 e. The van der Waals surface area contributed by atoms with Gasteiger partial charge in [-0.3, -0.25) is 0 Å². The number of rotatable bonds is 4. The molecule has 0 radical (unpaired) electrons. The molecule has 0 aromatic heterocycles. The minimum atomic E-state index is -6.21. The Morgan fingerprint density at radius 1 is 0.514 bits per heavy atom. The zero-order chi connectivity index (χ0) is 27.4. The van der Waals surface area contributed by atoms with Gasteiger partial charge in [-0.25, -0.2) is 0 Å². The number of aryl methyl sites for hydroxylation is 2. The summed E-state index contributed by atoms with van der Waals surface area (Å²) in [5, 5.41) is 19.3. The van der Waals surface area contributed by atoms with E-state index in [1.807, 2.05) is 0 Å². The van der Waals surface area contributed by atoms with Crippen LogP contribution < -0.4 is 0 Å². The number of halogens is 12. The molecule has 0 atom stereocenters. The van der Waals surface area contributed by atoms with E-state index >= 15 is 0 Å². The fourth-order valence-corrected chi connectivity index (χ4v) is 3.51. The summed E-state index contributed by atoms with van der Waals surface area (Å²) in [6.07, 6.45) is -25.6. The van der Waals surface area contributed by atoms with Crippen LogP contribution in [0, 0.1) is 13.8 Å². The average Bonchev–Trinajstić information content (AvgIpc) is 2.66. The monoisotopic (exact) mass is 528 g/mol. The van der Waals surface area contributed by atoms with Crippen molar-refractivity contribution in [2.45, 2.75) is 56.2 Å². The Kier molecular flexibility index (Phi) is 7.04. The number of hydrogen-bond donors (Lipinski definition) is 2. The maximum atomic E-state index is 13.3. The van der Waals surface area contributed by atoms with Gasteiger partial charge in [-0.05, 0) is 42.5 Å². The van der Waals surface area contributed by atoms with Crippen LogP contribution in [0.25, 0.3) is 0 Å². The Bertz CT molecular complexity index is 964. The van der Waals surface area contributed by atoms with Crippen molar-refractivity contribution in [2.75, 3.05) is 0 Å². The van der Waals surface area contributed by atoms with Crippen LogP contribution >= 0.6 is 0 Å². The second kappa shape index (κ2) is 8.57. The van der Waals surface area contributed by atoms with E-state index in [0.717, 1.165) is 38.1 Å². The van der Waals surface area contributed by atoms with Crippen molar-refractivity contribution in [2.24, 2.45) is 0 Å². The molecule has 2 aromatic rings. The summed E-state index contributed by atoms with van der Waals surface area (Å²) in [5.41, 5.74) is -15.8. The summed E-state index contributed by atoms with van der Waals surface area (Å²) >= 11 is 0. The third-order valence-electron chi connectivity index (χ3n) is 5.43. The van der Waals surface area contributed by atoms with E-state index in [2.05, 4.69) is 0 Å². The minimum absolute atomic E-state index is 0.315. The van der Waals surface area contributed by atoms with Crippen molar-refractivity contribution in [3.8, 4) is 0 Å². The molecule has 196 valence electrons. The fourth-order valence-electron chi connectivity index (χ4n) is 3.51. The Hall–Kier alpha value is -2.48. The first-order valence-electron chi connectivity index (χ1n) is 9.40. The summed E-state index contributed by atoms with van der Waals surface area (Å²) < 4.78 is 159. The molecular weight excluding hydrogens is 512 g/mol. The second-order valence-corrected chi connectivity index (χ2v) is 7.89. The Morgan fingerprint density at radius 3 is 1.00 bits per heavy atom. The van der Waals surface area contributed by atoms with Crippen molar-refractivity contribution in [3.05, 3.63) is 69.8 Å². The number of benzene rings is 2. The van der Waals surface area contributed by atoms with Gasteiger partial charge in [0.1, 0.15) is 0 Å². The van der Waals surface area contributed by atoms with Crippen LogP contribution in [0.1, 0.15) is 33.4 Å². The molecular formula is C21H16F12O2. The molecule has 0 aliphatic heterocycles. The van der Waals surface area contributed by atoms with Crippen LogP contribution in [0.2, 0.25) is 0 Å². The first kappa shape index (κ1) is 28.8. The first-order valence-corrected chi connectivity index (χ1v) is 9.40. The summed E-state index contributed by atoms with van der Waals surface area (Å²) in [4.78, 5) is 0. The van der Waals surface area contributed by atoms with Gasteiger partial charge in [0.2, 0.25) is 0 Å². The predicted molar refractivity (Wildman–Crippen MR) is 97.2 cm³/mol. The van der Waals surface area contributed by atoms with Crippen LogP contribution in [0.5, 0.6) is 0 Å². The highest BCUT2D eigenvalue weighted by Crippen LogP contribution is 2.52. The molecule has 2 rings (SSSR count). The molecule has 0 fully saturated rings. The normalized spacial score (nSPS) is 14.4. The molecule has 0 saturated carbocycles. The third kappa shape index (κ3) is 4.82.